The van der Waals surface area contributed by atoms with Crippen molar-refractivity contribution in [2.24, 2.45) is 0 Å². The lowest BCUT2D eigenvalue weighted by Gasteiger charge is -2.22. The molecule has 1 unspecified atom stereocenters. The van der Waals surface area contributed by atoms with Gasteiger partial charge in [-0.3, -0.25) is 4.79 Å². The summed E-state index contributed by atoms with van der Waals surface area (Å²) in [5.74, 6) is 0.907. The van der Waals surface area contributed by atoms with Crippen LogP contribution in [0.3, 0.4) is 0 Å². The van der Waals surface area contributed by atoms with Crippen LogP contribution in [0, 0.1) is 6.92 Å². The maximum absolute atomic E-state index is 12.3. The van der Waals surface area contributed by atoms with Crippen molar-refractivity contribution in [3.8, 4) is 5.75 Å². The summed E-state index contributed by atoms with van der Waals surface area (Å²) in [7, 11) is 0. The normalized spacial score (nSPS) is 16.0. The van der Waals surface area contributed by atoms with Gasteiger partial charge in [0.2, 0.25) is 0 Å². The van der Waals surface area contributed by atoms with E-state index in [9.17, 15) is 4.79 Å². The molecule has 1 saturated heterocycles. The molecule has 0 saturated carbocycles. The second kappa shape index (κ2) is 7.46. The molecular weight excluding hydrogens is 264 g/mol. The molecule has 0 spiro atoms. The molecule has 1 fully saturated rings. The van der Waals surface area contributed by atoms with Crippen LogP contribution in [0.25, 0.3) is 0 Å². The Morgan fingerprint density at radius 2 is 2.10 bits per heavy atom. The number of carbonyl (C=O) groups excluding carboxylic acids is 1. The summed E-state index contributed by atoms with van der Waals surface area (Å²) >= 11 is 0. The first-order valence-corrected chi connectivity index (χ1v) is 7.87. The second-order valence-electron chi connectivity index (χ2n) is 5.68. The first-order valence-electron chi connectivity index (χ1n) is 7.87. The Labute approximate surface area is 127 Å². The number of likely N-dealkylation sites (tertiary alicyclic amines) is 1. The average molecular weight is 290 g/mol. The summed E-state index contributed by atoms with van der Waals surface area (Å²) in [6.45, 7) is 9.40. The number of hydrogen-bond donors (Lipinski definition) is 1. The number of nitrogens with one attached hydrogen (secondary N) is 1. The van der Waals surface area contributed by atoms with Gasteiger partial charge in [-0.1, -0.05) is 24.6 Å². The van der Waals surface area contributed by atoms with E-state index < -0.39 is 6.10 Å². The molecular formula is C17H26N2O2. The number of benzene rings is 1. The third kappa shape index (κ3) is 4.21. The molecule has 21 heavy (non-hydrogen) atoms. The van der Waals surface area contributed by atoms with Gasteiger partial charge >= 0.3 is 0 Å². The minimum atomic E-state index is -0.425. The molecule has 1 aromatic rings. The van der Waals surface area contributed by atoms with Crippen LogP contribution in [0.15, 0.2) is 18.2 Å². The van der Waals surface area contributed by atoms with Gasteiger partial charge in [-0.25, -0.2) is 0 Å². The average Bonchev–Trinajstić information content (AvgIpc) is 3.00. The van der Waals surface area contributed by atoms with Crippen LogP contribution in [0.1, 0.15) is 37.8 Å². The van der Waals surface area contributed by atoms with Gasteiger partial charge in [-0.15, -0.1) is 0 Å². The zero-order valence-electron chi connectivity index (χ0n) is 13.3. The van der Waals surface area contributed by atoms with Gasteiger partial charge in [-0.2, -0.15) is 0 Å². The highest BCUT2D eigenvalue weighted by atomic mass is 16.5. The number of aryl methyl sites for hydroxylation is 1. The standard InChI is InChI=1S/C17H26N2O2/c1-4-18-12-15-11-13(2)7-8-16(15)21-14(3)17(20)19-9-5-6-10-19/h7-8,11,14,18H,4-6,9-10,12H2,1-3H3. The second-order valence-corrected chi connectivity index (χ2v) is 5.68. The molecule has 1 aliphatic heterocycles. The fourth-order valence-electron chi connectivity index (χ4n) is 2.66. The highest BCUT2D eigenvalue weighted by Gasteiger charge is 2.25. The highest BCUT2D eigenvalue weighted by molar-refractivity contribution is 5.81. The summed E-state index contributed by atoms with van der Waals surface area (Å²) < 4.78 is 5.94. The third-order valence-corrected chi connectivity index (χ3v) is 3.85. The SMILES string of the molecule is CCNCc1cc(C)ccc1OC(C)C(=O)N1CCCC1. The molecule has 4 heteroatoms. The van der Waals surface area contributed by atoms with Crippen molar-refractivity contribution in [2.45, 2.75) is 46.3 Å². The number of amides is 1. The highest BCUT2D eigenvalue weighted by Crippen LogP contribution is 2.22. The quantitative estimate of drug-likeness (QED) is 0.875. The van der Waals surface area contributed by atoms with Crippen LogP contribution < -0.4 is 10.1 Å². The molecule has 1 atom stereocenters. The summed E-state index contributed by atoms with van der Waals surface area (Å²) in [6, 6.07) is 6.11. The summed E-state index contributed by atoms with van der Waals surface area (Å²) in [6.07, 6.45) is 1.79. The van der Waals surface area contributed by atoms with Crippen molar-refractivity contribution in [2.75, 3.05) is 19.6 Å². The fourth-order valence-corrected chi connectivity index (χ4v) is 2.66. The van der Waals surface area contributed by atoms with E-state index in [0.717, 1.165) is 50.3 Å². The Kier molecular flexibility index (Phi) is 5.62. The van der Waals surface area contributed by atoms with Crippen molar-refractivity contribution in [1.29, 1.82) is 0 Å². The van der Waals surface area contributed by atoms with Gasteiger partial charge in [0, 0.05) is 25.2 Å². The zero-order chi connectivity index (χ0) is 15.2. The van der Waals surface area contributed by atoms with Gasteiger partial charge in [0.05, 0.1) is 0 Å². The van der Waals surface area contributed by atoms with E-state index in [0.29, 0.717) is 0 Å². The lowest BCUT2D eigenvalue weighted by atomic mass is 10.1. The third-order valence-electron chi connectivity index (χ3n) is 3.85. The lowest BCUT2D eigenvalue weighted by Crippen LogP contribution is -2.38. The Morgan fingerprint density at radius 3 is 2.76 bits per heavy atom. The van der Waals surface area contributed by atoms with Crippen molar-refractivity contribution in [3.63, 3.8) is 0 Å². The van der Waals surface area contributed by atoms with Gasteiger partial charge in [0.25, 0.3) is 5.91 Å². The Morgan fingerprint density at radius 1 is 1.38 bits per heavy atom. The number of carbonyl (C=O) groups is 1. The van der Waals surface area contributed by atoms with E-state index in [-0.39, 0.29) is 5.91 Å². The molecule has 4 nitrogen and oxygen atoms in total. The Balaban J connectivity index is 2.05. The lowest BCUT2D eigenvalue weighted by molar-refractivity contribution is -0.136. The smallest absolute Gasteiger partial charge is 0.263 e. The Hall–Kier alpha value is -1.55. The molecule has 2 rings (SSSR count). The van der Waals surface area contributed by atoms with Crippen molar-refractivity contribution < 1.29 is 9.53 Å². The van der Waals surface area contributed by atoms with E-state index in [1.807, 2.05) is 24.0 Å². The topological polar surface area (TPSA) is 41.6 Å². The van der Waals surface area contributed by atoms with E-state index in [4.69, 9.17) is 4.74 Å². The van der Waals surface area contributed by atoms with Crippen molar-refractivity contribution >= 4 is 5.91 Å². The van der Waals surface area contributed by atoms with Crippen LogP contribution in [0.5, 0.6) is 5.75 Å². The van der Waals surface area contributed by atoms with Gasteiger partial charge in [0.15, 0.2) is 6.10 Å². The first kappa shape index (κ1) is 15.8. The van der Waals surface area contributed by atoms with E-state index in [2.05, 4.69) is 25.2 Å². The molecule has 1 amide bonds. The molecule has 0 aromatic heterocycles. The number of rotatable bonds is 6. The molecule has 0 bridgehead atoms. The number of ether oxygens (including phenoxy) is 1. The van der Waals surface area contributed by atoms with Crippen LogP contribution in [0.2, 0.25) is 0 Å². The minimum absolute atomic E-state index is 0.0995. The van der Waals surface area contributed by atoms with Gasteiger partial charge in [0.1, 0.15) is 5.75 Å². The van der Waals surface area contributed by atoms with E-state index >= 15 is 0 Å². The van der Waals surface area contributed by atoms with Crippen LogP contribution in [-0.2, 0) is 11.3 Å². The van der Waals surface area contributed by atoms with Crippen molar-refractivity contribution in [3.05, 3.63) is 29.3 Å². The van der Waals surface area contributed by atoms with Gasteiger partial charge in [-0.05, 0) is 39.3 Å². The molecule has 1 heterocycles. The van der Waals surface area contributed by atoms with E-state index in [1.54, 1.807) is 0 Å². The van der Waals surface area contributed by atoms with E-state index in [1.165, 1.54) is 5.56 Å². The molecule has 0 aliphatic carbocycles. The van der Waals surface area contributed by atoms with Crippen molar-refractivity contribution in [1.82, 2.24) is 10.2 Å². The zero-order valence-corrected chi connectivity index (χ0v) is 13.3. The predicted molar refractivity (Wildman–Crippen MR) is 84.5 cm³/mol. The van der Waals surface area contributed by atoms with Gasteiger partial charge < -0.3 is 15.0 Å². The molecule has 1 aromatic carbocycles. The predicted octanol–water partition coefficient (Wildman–Crippen LogP) is 2.49. The number of hydrogen-bond acceptors (Lipinski definition) is 3. The Bertz CT molecular complexity index is 482. The largest absolute Gasteiger partial charge is 0.481 e. The van der Waals surface area contributed by atoms with Crippen LogP contribution in [0.4, 0.5) is 0 Å². The number of nitrogens with zero attached hydrogens (tertiary/aromatic N) is 1. The molecule has 0 radical (unpaired) electrons. The summed E-state index contributed by atoms with van der Waals surface area (Å²) in [4.78, 5) is 14.2. The summed E-state index contributed by atoms with van der Waals surface area (Å²) in [5.41, 5.74) is 2.31. The molecule has 1 aliphatic rings. The van der Waals surface area contributed by atoms with Crippen LogP contribution >= 0.6 is 0 Å². The summed E-state index contributed by atoms with van der Waals surface area (Å²) in [5, 5.41) is 3.31. The molecule has 1 N–H and O–H groups in total. The maximum Gasteiger partial charge on any atom is 0.263 e. The fraction of sp³-hybridized carbons (Fsp3) is 0.588. The monoisotopic (exact) mass is 290 g/mol. The van der Waals surface area contributed by atoms with Crippen LogP contribution in [-0.4, -0.2) is 36.5 Å². The maximum atomic E-state index is 12.3. The molecule has 116 valence electrons. The minimum Gasteiger partial charge on any atom is -0.481 e. The first-order chi connectivity index (χ1) is 10.1.